The molecule has 0 spiro atoms. The molecule has 0 saturated carbocycles. The number of anilines is 1. The molecule has 0 atom stereocenters. The lowest BCUT2D eigenvalue weighted by molar-refractivity contribution is -0.129. The van der Waals surface area contributed by atoms with E-state index < -0.39 is 5.91 Å². The van der Waals surface area contributed by atoms with Crippen LogP contribution in [0, 0.1) is 0 Å². The van der Waals surface area contributed by atoms with Gasteiger partial charge in [0, 0.05) is 31.1 Å². The molecule has 2 heterocycles. The third-order valence-electron chi connectivity index (χ3n) is 3.56. The Bertz CT molecular complexity index is 802. The van der Waals surface area contributed by atoms with E-state index in [0.717, 1.165) is 12.0 Å². The molecule has 0 saturated heterocycles. The van der Waals surface area contributed by atoms with Crippen LogP contribution in [0.5, 0.6) is 5.75 Å². The summed E-state index contributed by atoms with van der Waals surface area (Å²) in [5.74, 6) is 0.0364. The minimum absolute atomic E-state index is 0.0168. The first-order valence-corrected chi connectivity index (χ1v) is 7.68. The van der Waals surface area contributed by atoms with Gasteiger partial charge in [0.25, 0.3) is 5.91 Å². The average Bonchev–Trinajstić information content (AvgIpc) is 3.15. The van der Waals surface area contributed by atoms with Gasteiger partial charge in [0.15, 0.2) is 5.69 Å². The van der Waals surface area contributed by atoms with Gasteiger partial charge in [-0.3, -0.25) is 9.59 Å². The van der Waals surface area contributed by atoms with E-state index in [2.05, 4.69) is 15.6 Å². The fourth-order valence-electron chi connectivity index (χ4n) is 2.31. The lowest BCUT2D eigenvalue weighted by Crippen LogP contribution is -2.26. The zero-order valence-electron chi connectivity index (χ0n) is 13.2. The standard InChI is InChI=1S/C15H16ClN5O3/c1-20(2)13(22)8-21-7-12(18-19-21)15(23)17-11-6-10(16)5-9-3-4-24-14(9)11/h5-7H,3-4,8H2,1-2H3,(H,17,23). The van der Waals surface area contributed by atoms with Gasteiger partial charge in [0.05, 0.1) is 18.5 Å². The lowest BCUT2D eigenvalue weighted by atomic mass is 10.1. The maximum absolute atomic E-state index is 12.3. The van der Waals surface area contributed by atoms with Crippen LogP contribution in [0.25, 0.3) is 0 Å². The fraction of sp³-hybridized carbons (Fsp3) is 0.333. The second kappa shape index (κ2) is 6.48. The summed E-state index contributed by atoms with van der Waals surface area (Å²) in [5, 5.41) is 10.8. The van der Waals surface area contributed by atoms with E-state index in [1.54, 1.807) is 20.2 Å². The summed E-state index contributed by atoms with van der Waals surface area (Å²) in [6, 6.07) is 3.45. The van der Waals surface area contributed by atoms with Crippen molar-refractivity contribution in [1.29, 1.82) is 0 Å². The van der Waals surface area contributed by atoms with Crippen molar-refractivity contribution in [1.82, 2.24) is 19.9 Å². The topological polar surface area (TPSA) is 89.4 Å². The zero-order valence-corrected chi connectivity index (χ0v) is 14.0. The Labute approximate surface area is 143 Å². The van der Waals surface area contributed by atoms with E-state index in [1.807, 2.05) is 6.07 Å². The number of likely N-dealkylation sites (N-methyl/N-ethyl adjacent to an activating group) is 1. The van der Waals surface area contributed by atoms with Gasteiger partial charge in [-0.15, -0.1) is 5.10 Å². The smallest absolute Gasteiger partial charge is 0.277 e. The maximum atomic E-state index is 12.3. The van der Waals surface area contributed by atoms with Crippen molar-refractivity contribution in [3.05, 3.63) is 34.6 Å². The number of amides is 2. The Hall–Kier alpha value is -2.61. The molecule has 1 aromatic heterocycles. The molecule has 0 fully saturated rings. The summed E-state index contributed by atoms with van der Waals surface area (Å²) < 4.78 is 6.86. The first-order chi connectivity index (χ1) is 11.4. The highest BCUT2D eigenvalue weighted by molar-refractivity contribution is 6.31. The highest BCUT2D eigenvalue weighted by atomic mass is 35.5. The minimum atomic E-state index is -0.446. The van der Waals surface area contributed by atoms with Crippen LogP contribution in [0.4, 0.5) is 5.69 Å². The predicted molar refractivity (Wildman–Crippen MR) is 87.3 cm³/mol. The van der Waals surface area contributed by atoms with E-state index >= 15 is 0 Å². The molecule has 1 aliphatic rings. The van der Waals surface area contributed by atoms with Crippen molar-refractivity contribution < 1.29 is 14.3 Å². The van der Waals surface area contributed by atoms with Gasteiger partial charge >= 0.3 is 0 Å². The Morgan fingerprint density at radius 2 is 2.21 bits per heavy atom. The number of hydrogen-bond donors (Lipinski definition) is 1. The first-order valence-electron chi connectivity index (χ1n) is 7.31. The number of carbonyl (C=O) groups is 2. The number of nitrogens with zero attached hydrogens (tertiary/aromatic N) is 4. The van der Waals surface area contributed by atoms with Crippen LogP contribution in [0.3, 0.4) is 0 Å². The second-order valence-corrected chi connectivity index (χ2v) is 6.02. The van der Waals surface area contributed by atoms with Gasteiger partial charge < -0.3 is 15.0 Å². The summed E-state index contributed by atoms with van der Waals surface area (Å²) in [5.41, 5.74) is 1.56. The number of hydrogen-bond acceptors (Lipinski definition) is 5. The van der Waals surface area contributed by atoms with Crippen molar-refractivity contribution in [3.8, 4) is 5.75 Å². The molecule has 9 heteroatoms. The summed E-state index contributed by atoms with van der Waals surface area (Å²) >= 11 is 6.07. The molecule has 3 rings (SSSR count). The van der Waals surface area contributed by atoms with Crippen LogP contribution >= 0.6 is 11.6 Å². The molecule has 0 unspecified atom stereocenters. The molecular weight excluding hydrogens is 334 g/mol. The Morgan fingerprint density at radius 3 is 2.96 bits per heavy atom. The van der Waals surface area contributed by atoms with Crippen molar-refractivity contribution in [2.45, 2.75) is 13.0 Å². The third-order valence-corrected chi connectivity index (χ3v) is 3.78. The minimum Gasteiger partial charge on any atom is -0.491 e. The number of halogens is 1. The zero-order chi connectivity index (χ0) is 17.3. The van der Waals surface area contributed by atoms with E-state index in [4.69, 9.17) is 16.3 Å². The lowest BCUT2D eigenvalue weighted by Gasteiger charge is -2.09. The SMILES string of the molecule is CN(C)C(=O)Cn1cc(C(=O)Nc2cc(Cl)cc3c2OCC3)nn1. The second-order valence-electron chi connectivity index (χ2n) is 5.58. The normalized spacial score (nSPS) is 12.5. The van der Waals surface area contributed by atoms with Crippen LogP contribution < -0.4 is 10.1 Å². The molecular formula is C15H16ClN5O3. The van der Waals surface area contributed by atoms with Gasteiger partial charge in [-0.2, -0.15) is 0 Å². The van der Waals surface area contributed by atoms with Crippen molar-refractivity contribution in [3.63, 3.8) is 0 Å². The van der Waals surface area contributed by atoms with E-state index in [-0.39, 0.29) is 18.1 Å². The fourth-order valence-corrected chi connectivity index (χ4v) is 2.55. The van der Waals surface area contributed by atoms with E-state index in [0.29, 0.717) is 23.1 Å². The number of aromatic nitrogens is 3. The Balaban J connectivity index is 1.75. The molecule has 8 nitrogen and oxygen atoms in total. The third kappa shape index (κ3) is 3.33. The highest BCUT2D eigenvalue weighted by Crippen LogP contribution is 2.36. The molecule has 2 amide bonds. The van der Waals surface area contributed by atoms with Gasteiger partial charge in [0.1, 0.15) is 12.3 Å². The molecule has 1 aromatic carbocycles. The Kier molecular flexibility index (Phi) is 4.39. The number of carbonyl (C=O) groups excluding carboxylic acids is 2. The van der Waals surface area contributed by atoms with E-state index in [1.165, 1.54) is 15.8 Å². The van der Waals surface area contributed by atoms with Crippen LogP contribution in [0.1, 0.15) is 16.1 Å². The van der Waals surface area contributed by atoms with Gasteiger partial charge in [-0.05, 0) is 12.1 Å². The summed E-state index contributed by atoms with van der Waals surface area (Å²) in [7, 11) is 3.29. The largest absolute Gasteiger partial charge is 0.491 e. The molecule has 126 valence electrons. The first kappa shape index (κ1) is 16.3. The van der Waals surface area contributed by atoms with Crippen molar-refractivity contribution >= 4 is 29.1 Å². The molecule has 0 radical (unpaired) electrons. The van der Waals surface area contributed by atoms with Crippen LogP contribution in [-0.2, 0) is 17.8 Å². The summed E-state index contributed by atoms with van der Waals surface area (Å²) in [6.07, 6.45) is 2.17. The number of ether oxygens (including phenoxy) is 1. The van der Waals surface area contributed by atoms with E-state index in [9.17, 15) is 9.59 Å². The maximum Gasteiger partial charge on any atom is 0.277 e. The highest BCUT2D eigenvalue weighted by Gasteiger charge is 2.21. The van der Waals surface area contributed by atoms with Crippen LogP contribution in [-0.4, -0.2) is 52.4 Å². The number of nitrogens with one attached hydrogen (secondary N) is 1. The predicted octanol–water partition coefficient (Wildman–Crippen LogP) is 1.21. The van der Waals surface area contributed by atoms with Gasteiger partial charge in [-0.1, -0.05) is 16.8 Å². The van der Waals surface area contributed by atoms with Gasteiger partial charge in [-0.25, -0.2) is 4.68 Å². The van der Waals surface area contributed by atoms with Crippen molar-refractivity contribution in [2.24, 2.45) is 0 Å². The summed E-state index contributed by atoms with van der Waals surface area (Å²) in [6.45, 7) is 0.574. The van der Waals surface area contributed by atoms with Crippen LogP contribution in [0.2, 0.25) is 5.02 Å². The molecule has 0 aliphatic carbocycles. The van der Waals surface area contributed by atoms with Crippen LogP contribution in [0.15, 0.2) is 18.3 Å². The number of rotatable bonds is 4. The van der Waals surface area contributed by atoms with Crippen molar-refractivity contribution in [2.75, 3.05) is 26.0 Å². The quantitative estimate of drug-likeness (QED) is 0.896. The molecule has 1 aliphatic heterocycles. The average molecular weight is 350 g/mol. The van der Waals surface area contributed by atoms with Gasteiger partial charge in [0.2, 0.25) is 5.91 Å². The number of benzene rings is 1. The molecule has 0 bridgehead atoms. The summed E-state index contributed by atoms with van der Waals surface area (Å²) in [4.78, 5) is 25.4. The monoisotopic (exact) mass is 349 g/mol. The number of fused-ring (bicyclic) bond motifs is 1. The molecule has 2 aromatic rings. The Morgan fingerprint density at radius 1 is 1.42 bits per heavy atom. The molecule has 24 heavy (non-hydrogen) atoms. The molecule has 1 N–H and O–H groups in total.